The van der Waals surface area contributed by atoms with E-state index in [0.717, 1.165) is 35.4 Å². The summed E-state index contributed by atoms with van der Waals surface area (Å²) in [5, 5.41) is 10.4. The topological polar surface area (TPSA) is 33.1 Å². The molecule has 0 spiro atoms. The predicted molar refractivity (Wildman–Crippen MR) is 72.2 cm³/mol. The van der Waals surface area contributed by atoms with Crippen LogP contribution in [-0.2, 0) is 0 Å². The van der Waals surface area contributed by atoms with Gasteiger partial charge in [-0.05, 0) is 68.4 Å². The van der Waals surface area contributed by atoms with Gasteiger partial charge in [0.2, 0.25) is 0 Å². The monoisotopic (exact) mass is 245 g/mol. The van der Waals surface area contributed by atoms with Crippen molar-refractivity contribution >= 4 is 0 Å². The summed E-state index contributed by atoms with van der Waals surface area (Å²) in [7, 11) is 0. The van der Waals surface area contributed by atoms with Crippen molar-refractivity contribution in [3.8, 4) is 0 Å². The Bertz CT molecular complexity index is 443. The lowest BCUT2D eigenvalue weighted by molar-refractivity contribution is 0.121. The zero-order chi connectivity index (χ0) is 12.7. The van der Waals surface area contributed by atoms with Crippen LogP contribution in [0, 0.1) is 31.6 Å². The van der Waals surface area contributed by atoms with E-state index < -0.39 is 0 Å². The van der Waals surface area contributed by atoms with Crippen molar-refractivity contribution in [3.05, 3.63) is 29.1 Å². The first-order valence-electron chi connectivity index (χ1n) is 7.24. The molecule has 1 heterocycles. The zero-order valence-electron chi connectivity index (χ0n) is 11.4. The Morgan fingerprint density at radius 2 is 2.17 bits per heavy atom. The average molecular weight is 245 g/mol. The number of pyridine rings is 1. The minimum Gasteiger partial charge on any atom is -0.387 e. The third-order valence-electron chi connectivity index (χ3n) is 4.98. The number of aromatic nitrogens is 1. The molecule has 2 heteroatoms. The molecule has 98 valence electrons. The quantitative estimate of drug-likeness (QED) is 0.883. The van der Waals surface area contributed by atoms with E-state index in [-0.39, 0.29) is 6.10 Å². The molecule has 18 heavy (non-hydrogen) atoms. The molecule has 0 aliphatic heterocycles. The van der Waals surface area contributed by atoms with E-state index in [0.29, 0.717) is 0 Å². The molecule has 1 aromatic heterocycles. The summed E-state index contributed by atoms with van der Waals surface area (Å²) in [4.78, 5) is 4.43. The van der Waals surface area contributed by atoms with Crippen molar-refractivity contribution in [2.24, 2.45) is 17.8 Å². The van der Waals surface area contributed by atoms with Gasteiger partial charge < -0.3 is 5.11 Å². The SMILES string of the molecule is Cc1cnc(C(O)CC2CC3CCC2C3)c(C)c1. The Morgan fingerprint density at radius 1 is 1.33 bits per heavy atom. The van der Waals surface area contributed by atoms with Crippen LogP contribution in [-0.4, -0.2) is 10.1 Å². The lowest BCUT2D eigenvalue weighted by atomic mass is 9.84. The molecule has 2 saturated carbocycles. The van der Waals surface area contributed by atoms with Crippen LogP contribution >= 0.6 is 0 Å². The van der Waals surface area contributed by atoms with Crippen LogP contribution < -0.4 is 0 Å². The number of fused-ring (bicyclic) bond motifs is 2. The molecule has 4 unspecified atom stereocenters. The highest BCUT2D eigenvalue weighted by atomic mass is 16.3. The smallest absolute Gasteiger partial charge is 0.0965 e. The summed E-state index contributed by atoms with van der Waals surface area (Å²) in [6.45, 7) is 4.10. The van der Waals surface area contributed by atoms with Crippen LogP contribution in [0.1, 0.15) is 55.0 Å². The highest BCUT2D eigenvalue weighted by Gasteiger charge is 2.40. The van der Waals surface area contributed by atoms with E-state index in [1.165, 1.54) is 31.2 Å². The van der Waals surface area contributed by atoms with Crippen molar-refractivity contribution in [1.82, 2.24) is 4.98 Å². The highest BCUT2D eigenvalue weighted by molar-refractivity contribution is 5.24. The lowest BCUT2D eigenvalue weighted by Crippen LogP contribution is -2.15. The third kappa shape index (κ3) is 2.18. The van der Waals surface area contributed by atoms with E-state index in [4.69, 9.17) is 0 Å². The largest absolute Gasteiger partial charge is 0.387 e. The number of aliphatic hydroxyl groups excluding tert-OH is 1. The maximum atomic E-state index is 10.4. The van der Waals surface area contributed by atoms with Gasteiger partial charge in [0.05, 0.1) is 11.8 Å². The maximum absolute atomic E-state index is 10.4. The second kappa shape index (κ2) is 4.65. The van der Waals surface area contributed by atoms with Crippen LogP contribution in [0.2, 0.25) is 0 Å². The van der Waals surface area contributed by atoms with Gasteiger partial charge in [-0.1, -0.05) is 12.5 Å². The second-order valence-corrected chi connectivity index (χ2v) is 6.40. The molecule has 0 saturated heterocycles. The molecular formula is C16H23NO. The van der Waals surface area contributed by atoms with Gasteiger partial charge in [-0.2, -0.15) is 0 Å². The number of rotatable bonds is 3. The minimum absolute atomic E-state index is 0.366. The van der Waals surface area contributed by atoms with E-state index >= 15 is 0 Å². The van der Waals surface area contributed by atoms with Crippen molar-refractivity contribution in [3.63, 3.8) is 0 Å². The number of aliphatic hydroxyl groups is 1. The first-order chi connectivity index (χ1) is 8.63. The van der Waals surface area contributed by atoms with Crippen LogP contribution in [0.25, 0.3) is 0 Å². The molecule has 0 aromatic carbocycles. The van der Waals surface area contributed by atoms with Gasteiger partial charge in [-0.25, -0.2) is 0 Å². The van der Waals surface area contributed by atoms with Gasteiger partial charge in [-0.15, -0.1) is 0 Å². The summed E-state index contributed by atoms with van der Waals surface area (Å²) < 4.78 is 0. The molecule has 2 fully saturated rings. The summed E-state index contributed by atoms with van der Waals surface area (Å²) in [5.41, 5.74) is 3.19. The minimum atomic E-state index is -0.366. The van der Waals surface area contributed by atoms with Crippen molar-refractivity contribution in [1.29, 1.82) is 0 Å². The van der Waals surface area contributed by atoms with Crippen LogP contribution in [0.5, 0.6) is 0 Å². The van der Waals surface area contributed by atoms with E-state index in [1.807, 2.05) is 13.1 Å². The highest BCUT2D eigenvalue weighted by Crippen LogP contribution is 2.50. The molecule has 4 atom stereocenters. The molecule has 2 aliphatic rings. The number of hydrogen-bond donors (Lipinski definition) is 1. The Kier molecular flexibility index (Phi) is 3.14. The molecule has 2 bridgehead atoms. The third-order valence-corrected chi connectivity index (χ3v) is 4.98. The fourth-order valence-corrected chi connectivity index (χ4v) is 4.14. The first-order valence-corrected chi connectivity index (χ1v) is 7.24. The average Bonchev–Trinajstić information content (AvgIpc) is 2.90. The van der Waals surface area contributed by atoms with Gasteiger partial charge in [0, 0.05) is 6.20 Å². The van der Waals surface area contributed by atoms with Gasteiger partial charge in [0.15, 0.2) is 0 Å². The molecule has 1 aromatic rings. The summed E-state index contributed by atoms with van der Waals surface area (Å²) >= 11 is 0. The van der Waals surface area contributed by atoms with E-state index in [2.05, 4.69) is 18.0 Å². The fraction of sp³-hybridized carbons (Fsp3) is 0.688. The molecule has 1 N–H and O–H groups in total. The molecular weight excluding hydrogens is 222 g/mol. The Balaban J connectivity index is 1.69. The molecule has 2 aliphatic carbocycles. The van der Waals surface area contributed by atoms with Gasteiger partial charge in [-0.3, -0.25) is 4.98 Å². The summed E-state index contributed by atoms with van der Waals surface area (Å²) in [6.07, 6.45) is 7.99. The van der Waals surface area contributed by atoms with Crippen LogP contribution in [0.15, 0.2) is 12.3 Å². The van der Waals surface area contributed by atoms with Crippen molar-refractivity contribution < 1.29 is 5.11 Å². The summed E-state index contributed by atoms with van der Waals surface area (Å²) in [5.74, 6) is 2.58. The Hall–Kier alpha value is -0.890. The maximum Gasteiger partial charge on any atom is 0.0965 e. The fourth-order valence-electron chi connectivity index (χ4n) is 4.14. The summed E-state index contributed by atoms with van der Waals surface area (Å²) in [6, 6.07) is 2.12. The van der Waals surface area contributed by atoms with Crippen LogP contribution in [0.4, 0.5) is 0 Å². The van der Waals surface area contributed by atoms with Gasteiger partial charge >= 0.3 is 0 Å². The second-order valence-electron chi connectivity index (χ2n) is 6.40. The molecule has 0 amide bonds. The standard InChI is InChI=1S/C16H23NO/c1-10-5-11(2)16(17-9-10)15(18)8-14-7-12-3-4-13(14)6-12/h5,9,12-15,18H,3-4,6-8H2,1-2H3. The number of nitrogens with zero attached hydrogens (tertiary/aromatic N) is 1. The van der Waals surface area contributed by atoms with Gasteiger partial charge in [0.1, 0.15) is 0 Å². The molecule has 2 nitrogen and oxygen atoms in total. The van der Waals surface area contributed by atoms with Crippen molar-refractivity contribution in [2.75, 3.05) is 0 Å². The van der Waals surface area contributed by atoms with E-state index in [1.54, 1.807) is 0 Å². The van der Waals surface area contributed by atoms with Crippen LogP contribution in [0.3, 0.4) is 0 Å². The predicted octanol–water partition coefficient (Wildman–Crippen LogP) is 3.56. The first kappa shape index (κ1) is 12.2. The molecule has 3 rings (SSSR count). The van der Waals surface area contributed by atoms with Crippen molar-refractivity contribution in [2.45, 2.75) is 52.1 Å². The lowest BCUT2D eigenvalue weighted by Gasteiger charge is -2.24. The normalized spacial score (nSPS) is 31.8. The molecule has 0 radical (unpaired) electrons. The van der Waals surface area contributed by atoms with E-state index in [9.17, 15) is 5.11 Å². The Labute approximate surface area is 109 Å². The number of aryl methyl sites for hydroxylation is 2. The number of hydrogen-bond acceptors (Lipinski definition) is 2. The van der Waals surface area contributed by atoms with Gasteiger partial charge in [0.25, 0.3) is 0 Å². The zero-order valence-corrected chi connectivity index (χ0v) is 11.4. The Morgan fingerprint density at radius 3 is 2.78 bits per heavy atom.